The van der Waals surface area contributed by atoms with E-state index in [1.807, 2.05) is 30.6 Å². The van der Waals surface area contributed by atoms with Crippen LogP contribution in [0.15, 0.2) is 28.5 Å². The van der Waals surface area contributed by atoms with E-state index in [-0.39, 0.29) is 11.6 Å². The molecule has 32 heavy (non-hydrogen) atoms. The molecule has 0 unspecified atom stereocenters. The van der Waals surface area contributed by atoms with Crippen LogP contribution in [0.2, 0.25) is 0 Å². The van der Waals surface area contributed by atoms with Crippen molar-refractivity contribution >= 4 is 23.1 Å². The van der Waals surface area contributed by atoms with Gasteiger partial charge in [0.25, 0.3) is 5.56 Å². The predicted molar refractivity (Wildman–Crippen MR) is 126 cm³/mol. The number of aromatic nitrogens is 4. The van der Waals surface area contributed by atoms with Crippen molar-refractivity contribution in [2.45, 2.75) is 25.8 Å². The summed E-state index contributed by atoms with van der Waals surface area (Å²) in [5.41, 5.74) is 2.93. The van der Waals surface area contributed by atoms with Crippen LogP contribution in [0.1, 0.15) is 18.4 Å². The molecule has 10 heteroatoms. The first-order valence-corrected chi connectivity index (χ1v) is 11.9. The van der Waals surface area contributed by atoms with Crippen molar-refractivity contribution in [3.8, 4) is 22.0 Å². The first kappa shape index (κ1) is 21.0. The first-order valence-electron chi connectivity index (χ1n) is 11.0. The van der Waals surface area contributed by atoms with Crippen LogP contribution in [0.4, 0.5) is 11.8 Å². The van der Waals surface area contributed by atoms with Crippen LogP contribution < -0.4 is 21.1 Å². The molecule has 2 fully saturated rings. The SMILES string of the molecule is Cc1ccc(-c2csc(-c3c(N[C@@H]4CCCNC4)nc(N4CCOCC4)[nH]c3=O)n2)nc1. The Morgan fingerprint density at radius 1 is 1.22 bits per heavy atom. The summed E-state index contributed by atoms with van der Waals surface area (Å²) in [5.74, 6) is 1.16. The second-order valence-electron chi connectivity index (χ2n) is 8.16. The van der Waals surface area contributed by atoms with Gasteiger partial charge in [-0.25, -0.2) is 4.98 Å². The van der Waals surface area contributed by atoms with E-state index >= 15 is 0 Å². The van der Waals surface area contributed by atoms with E-state index in [0.29, 0.717) is 48.6 Å². The monoisotopic (exact) mass is 453 g/mol. The average Bonchev–Trinajstić information content (AvgIpc) is 3.30. The fraction of sp³-hybridized carbons (Fsp3) is 0.455. The number of morpholine rings is 1. The Balaban J connectivity index is 1.52. The van der Waals surface area contributed by atoms with E-state index in [1.54, 1.807) is 0 Å². The molecule has 9 nitrogen and oxygen atoms in total. The molecule has 3 aromatic rings. The maximum Gasteiger partial charge on any atom is 0.264 e. The zero-order valence-electron chi connectivity index (χ0n) is 18.1. The topological polar surface area (TPSA) is 108 Å². The average molecular weight is 454 g/mol. The Morgan fingerprint density at radius 3 is 2.84 bits per heavy atom. The summed E-state index contributed by atoms with van der Waals surface area (Å²) < 4.78 is 5.45. The zero-order chi connectivity index (χ0) is 21.9. The highest BCUT2D eigenvalue weighted by molar-refractivity contribution is 7.13. The molecule has 2 aliphatic rings. The van der Waals surface area contributed by atoms with Gasteiger partial charge in [0.05, 0.1) is 18.9 Å². The molecule has 1 atom stereocenters. The fourth-order valence-corrected chi connectivity index (χ4v) is 4.84. The highest BCUT2D eigenvalue weighted by atomic mass is 32.1. The minimum atomic E-state index is -0.189. The highest BCUT2D eigenvalue weighted by Gasteiger charge is 2.23. The maximum absolute atomic E-state index is 13.3. The smallest absolute Gasteiger partial charge is 0.264 e. The molecule has 0 saturated carbocycles. The molecular formula is C22H27N7O2S. The summed E-state index contributed by atoms with van der Waals surface area (Å²) in [6.07, 6.45) is 3.94. The third kappa shape index (κ3) is 4.52. The number of anilines is 2. The number of aryl methyl sites for hydroxylation is 1. The van der Waals surface area contributed by atoms with Crippen molar-refractivity contribution in [2.75, 3.05) is 49.6 Å². The number of pyridine rings is 1. The van der Waals surface area contributed by atoms with Crippen LogP contribution in [-0.2, 0) is 4.74 Å². The summed E-state index contributed by atoms with van der Waals surface area (Å²) in [6, 6.07) is 4.17. The summed E-state index contributed by atoms with van der Waals surface area (Å²) in [6.45, 7) is 6.52. The molecule has 5 rings (SSSR count). The summed E-state index contributed by atoms with van der Waals surface area (Å²) in [4.78, 5) is 32.4. The Hall–Kier alpha value is -2.82. The zero-order valence-corrected chi connectivity index (χ0v) is 18.9. The maximum atomic E-state index is 13.3. The lowest BCUT2D eigenvalue weighted by atomic mass is 10.1. The summed E-state index contributed by atoms with van der Waals surface area (Å²) in [7, 11) is 0. The molecule has 0 aliphatic carbocycles. The second-order valence-corrected chi connectivity index (χ2v) is 9.02. The van der Waals surface area contributed by atoms with E-state index in [9.17, 15) is 4.79 Å². The van der Waals surface area contributed by atoms with Crippen LogP contribution in [0.3, 0.4) is 0 Å². The number of piperidine rings is 1. The molecule has 0 amide bonds. The Labute approximate surface area is 190 Å². The minimum absolute atomic E-state index is 0.189. The number of aromatic amines is 1. The van der Waals surface area contributed by atoms with Crippen LogP contribution in [0.5, 0.6) is 0 Å². The van der Waals surface area contributed by atoms with Gasteiger partial charge in [-0.3, -0.25) is 14.8 Å². The third-order valence-electron chi connectivity index (χ3n) is 5.75. The van der Waals surface area contributed by atoms with Crippen LogP contribution >= 0.6 is 11.3 Å². The molecule has 2 aliphatic heterocycles. The second kappa shape index (κ2) is 9.35. The van der Waals surface area contributed by atoms with Gasteiger partial charge in [-0.05, 0) is 37.9 Å². The molecule has 0 spiro atoms. The van der Waals surface area contributed by atoms with Crippen molar-refractivity contribution in [1.82, 2.24) is 25.3 Å². The quantitative estimate of drug-likeness (QED) is 0.540. The number of nitrogens with zero attached hydrogens (tertiary/aromatic N) is 4. The van der Waals surface area contributed by atoms with Crippen molar-refractivity contribution in [3.63, 3.8) is 0 Å². The number of hydrogen-bond donors (Lipinski definition) is 3. The van der Waals surface area contributed by atoms with E-state index in [2.05, 4.69) is 25.5 Å². The Morgan fingerprint density at radius 2 is 2.09 bits per heavy atom. The lowest BCUT2D eigenvalue weighted by Crippen LogP contribution is -2.40. The fourth-order valence-electron chi connectivity index (χ4n) is 3.98. The van der Waals surface area contributed by atoms with E-state index < -0.39 is 0 Å². The van der Waals surface area contributed by atoms with Gasteiger partial charge in [-0.1, -0.05) is 6.07 Å². The van der Waals surface area contributed by atoms with Crippen molar-refractivity contribution in [1.29, 1.82) is 0 Å². The number of H-pyrrole nitrogens is 1. The van der Waals surface area contributed by atoms with Gasteiger partial charge in [0.2, 0.25) is 5.95 Å². The lowest BCUT2D eigenvalue weighted by molar-refractivity contribution is 0.122. The van der Waals surface area contributed by atoms with Gasteiger partial charge in [-0.2, -0.15) is 4.98 Å². The van der Waals surface area contributed by atoms with Gasteiger partial charge >= 0.3 is 0 Å². The Kier molecular flexibility index (Phi) is 6.15. The molecule has 168 valence electrons. The molecule has 0 bridgehead atoms. The highest BCUT2D eigenvalue weighted by Crippen LogP contribution is 2.31. The van der Waals surface area contributed by atoms with Crippen molar-refractivity contribution in [3.05, 3.63) is 39.6 Å². The number of thiazole rings is 1. The number of rotatable bonds is 5. The van der Waals surface area contributed by atoms with Crippen LogP contribution in [0, 0.1) is 6.92 Å². The van der Waals surface area contributed by atoms with E-state index in [1.165, 1.54) is 11.3 Å². The van der Waals surface area contributed by atoms with Gasteiger partial charge in [0.15, 0.2) is 0 Å². The number of hydrogen-bond acceptors (Lipinski definition) is 9. The standard InChI is InChI=1S/C22H27N7O2S/c1-14-4-5-16(24-11-14)17-13-32-21(26-17)18-19(25-15-3-2-6-23-12-15)27-22(28-20(18)30)29-7-9-31-10-8-29/h4-5,11,13,15,23H,2-3,6-10,12H2,1H3,(H2,25,27,28,30)/t15-/m1/s1. The van der Waals surface area contributed by atoms with Gasteiger partial charge in [0, 0.05) is 37.3 Å². The number of nitrogens with one attached hydrogen (secondary N) is 3. The number of ether oxygens (including phenoxy) is 1. The molecule has 0 aromatic carbocycles. The summed E-state index contributed by atoms with van der Waals surface area (Å²) >= 11 is 1.43. The summed E-state index contributed by atoms with van der Waals surface area (Å²) in [5, 5.41) is 9.51. The molecular weight excluding hydrogens is 426 g/mol. The van der Waals surface area contributed by atoms with Gasteiger partial charge in [0.1, 0.15) is 22.1 Å². The molecule has 5 heterocycles. The normalized spacial score (nSPS) is 19.2. The largest absolute Gasteiger partial charge is 0.378 e. The minimum Gasteiger partial charge on any atom is -0.378 e. The molecule has 0 radical (unpaired) electrons. The molecule has 3 N–H and O–H groups in total. The first-order chi connectivity index (χ1) is 15.7. The van der Waals surface area contributed by atoms with Crippen molar-refractivity contribution < 1.29 is 4.74 Å². The van der Waals surface area contributed by atoms with E-state index in [0.717, 1.165) is 42.9 Å². The Bertz CT molecular complexity index is 1120. The van der Waals surface area contributed by atoms with E-state index in [4.69, 9.17) is 14.7 Å². The molecule has 2 saturated heterocycles. The van der Waals surface area contributed by atoms with Crippen LogP contribution in [0.25, 0.3) is 22.0 Å². The van der Waals surface area contributed by atoms with Crippen LogP contribution in [-0.4, -0.2) is 65.4 Å². The predicted octanol–water partition coefficient (Wildman–Crippen LogP) is 2.26. The lowest BCUT2D eigenvalue weighted by Gasteiger charge is -2.29. The van der Waals surface area contributed by atoms with Crippen molar-refractivity contribution in [2.24, 2.45) is 0 Å². The molecule has 3 aromatic heterocycles. The van der Waals surface area contributed by atoms with Gasteiger partial charge < -0.3 is 20.3 Å². The third-order valence-corrected chi connectivity index (χ3v) is 6.61. The van der Waals surface area contributed by atoms with Gasteiger partial charge in [-0.15, -0.1) is 11.3 Å².